The molecule has 144 valence electrons. The second-order valence-corrected chi connectivity index (χ2v) is 13.5. The highest BCUT2D eigenvalue weighted by Crippen LogP contribution is 2.41. The van der Waals surface area contributed by atoms with E-state index in [1.165, 1.54) is 6.07 Å². The number of ether oxygens (including phenoxy) is 1. The molecule has 0 fully saturated rings. The number of carbonyl (C=O) groups is 1. The van der Waals surface area contributed by atoms with Crippen LogP contribution in [0.2, 0.25) is 16.6 Å². The summed E-state index contributed by atoms with van der Waals surface area (Å²) in [6, 6.07) is 8.75. The van der Waals surface area contributed by atoms with Gasteiger partial charge in [-0.05, 0) is 34.1 Å². The Hall–Kier alpha value is -2.45. The molecule has 0 aromatic heterocycles. The van der Waals surface area contributed by atoms with Crippen molar-refractivity contribution >= 4 is 24.9 Å². The van der Waals surface area contributed by atoms with Crippen molar-refractivity contribution in [2.75, 3.05) is 0 Å². The van der Waals surface area contributed by atoms with Gasteiger partial charge in [0, 0.05) is 17.0 Å². The first-order chi connectivity index (χ1) is 12.6. The fraction of sp³-hybridized carbons (Fsp3) is 0.409. The smallest absolute Gasteiger partial charge is 0.409 e. The van der Waals surface area contributed by atoms with Gasteiger partial charge in [0.05, 0.1) is 0 Å². The van der Waals surface area contributed by atoms with E-state index in [1.807, 2.05) is 18.2 Å². The lowest BCUT2D eigenvalue weighted by molar-refractivity contribution is 0.211. The summed E-state index contributed by atoms with van der Waals surface area (Å²) in [5.41, 5.74) is 11.1. The fourth-order valence-electron chi connectivity index (χ4n) is 4.27. The summed E-state index contributed by atoms with van der Waals surface area (Å²) in [4.78, 5) is 11.0. The second kappa shape index (κ2) is 8.06. The molecule has 0 bridgehead atoms. The van der Waals surface area contributed by atoms with Crippen molar-refractivity contribution < 1.29 is 14.6 Å². The summed E-state index contributed by atoms with van der Waals surface area (Å²) in [6.45, 7) is 13.6. The molecule has 0 saturated carbocycles. The summed E-state index contributed by atoms with van der Waals surface area (Å²) in [7, 11) is -1.88. The first kappa shape index (κ1) is 20.9. The lowest BCUT2D eigenvalue weighted by atomic mass is 10.0. The summed E-state index contributed by atoms with van der Waals surface area (Å²) < 4.78 is 4.90. The van der Waals surface area contributed by atoms with Gasteiger partial charge in [0.15, 0.2) is 0 Å². The summed E-state index contributed by atoms with van der Waals surface area (Å²) in [6.07, 6.45) is -0.911. The van der Waals surface area contributed by atoms with Gasteiger partial charge in [0.2, 0.25) is 0 Å². The first-order valence-corrected chi connectivity index (χ1v) is 11.6. The average Bonchev–Trinajstić information content (AvgIpc) is 2.53. The molecular formula is C22H29NO3Si. The molecule has 0 aliphatic carbocycles. The molecule has 4 nitrogen and oxygen atoms in total. The quantitative estimate of drug-likeness (QED) is 0.535. The zero-order valence-electron chi connectivity index (χ0n) is 17.0. The van der Waals surface area contributed by atoms with Crippen LogP contribution in [0, 0.1) is 11.5 Å². The van der Waals surface area contributed by atoms with E-state index in [0.717, 1.165) is 10.9 Å². The van der Waals surface area contributed by atoms with Crippen molar-refractivity contribution in [3.63, 3.8) is 0 Å². The van der Waals surface area contributed by atoms with Crippen LogP contribution in [0.1, 0.15) is 47.1 Å². The van der Waals surface area contributed by atoms with Gasteiger partial charge < -0.3 is 15.6 Å². The van der Waals surface area contributed by atoms with Crippen molar-refractivity contribution in [3.8, 4) is 23.0 Å². The molecule has 0 atom stereocenters. The van der Waals surface area contributed by atoms with E-state index in [-0.39, 0.29) is 11.5 Å². The normalized spacial score (nSPS) is 11.7. The molecule has 0 aliphatic heterocycles. The molecule has 2 aromatic rings. The summed E-state index contributed by atoms with van der Waals surface area (Å²) in [5.74, 6) is 3.64. The Balaban J connectivity index is 2.64. The monoisotopic (exact) mass is 383 g/mol. The molecule has 1 amide bonds. The summed E-state index contributed by atoms with van der Waals surface area (Å²) in [5, 5.41) is 11.9. The van der Waals surface area contributed by atoms with Crippen LogP contribution in [-0.2, 0) is 0 Å². The maximum Gasteiger partial charge on any atom is 0.409 e. The lowest BCUT2D eigenvalue weighted by Gasteiger charge is -2.38. The fourth-order valence-corrected chi connectivity index (χ4v) is 9.48. The Bertz CT molecular complexity index is 885. The van der Waals surface area contributed by atoms with Gasteiger partial charge in [0.25, 0.3) is 0 Å². The molecule has 3 N–H and O–H groups in total. The standard InChI is InChI=1S/C22H29NO3Si/c1-14(2)27(15(3)4,16(5)6)11-10-17-8-7-9-18-12-19(26-22(23)25)13-20(24)21(17)18/h7-9,12-16,24H,1-6H3,(H2,23,25). The van der Waals surface area contributed by atoms with E-state index in [0.29, 0.717) is 22.0 Å². The number of primary amides is 1. The number of hydrogen-bond donors (Lipinski definition) is 2. The van der Waals surface area contributed by atoms with Crippen LogP contribution in [0.5, 0.6) is 11.5 Å². The number of phenols is 1. The number of carbonyl (C=O) groups excluding carboxylic acids is 1. The average molecular weight is 384 g/mol. The van der Waals surface area contributed by atoms with Crippen LogP contribution in [0.4, 0.5) is 4.79 Å². The Morgan fingerprint density at radius 1 is 1.07 bits per heavy atom. The molecule has 27 heavy (non-hydrogen) atoms. The topological polar surface area (TPSA) is 72.5 Å². The van der Waals surface area contributed by atoms with Gasteiger partial charge in [-0.3, -0.25) is 0 Å². The highest BCUT2D eigenvalue weighted by molar-refractivity contribution is 6.90. The molecule has 0 saturated heterocycles. The van der Waals surface area contributed by atoms with Gasteiger partial charge in [-0.1, -0.05) is 59.6 Å². The third-order valence-corrected chi connectivity index (χ3v) is 11.7. The van der Waals surface area contributed by atoms with Gasteiger partial charge in [-0.2, -0.15) is 0 Å². The molecule has 0 heterocycles. The minimum absolute atomic E-state index is 0.0274. The number of phenolic OH excluding ortho intramolecular Hbond substituents is 1. The Labute approximate surface area is 162 Å². The minimum atomic E-state index is -1.88. The van der Waals surface area contributed by atoms with E-state index in [9.17, 15) is 9.90 Å². The molecule has 0 unspecified atom stereocenters. The van der Waals surface area contributed by atoms with Crippen LogP contribution in [0.3, 0.4) is 0 Å². The maximum absolute atomic E-state index is 11.0. The highest BCUT2D eigenvalue weighted by Gasteiger charge is 2.41. The van der Waals surface area contributed by atoms with Crippen molar-refractivity contribution in [2.24, 2.45) is 5.73 Å². The molecule has 2 rings (SSSR count). The molecule has 0 radical (unpaired) electrons. The van der Waals surface area contributed by atoms with E-state index in [4.69, 9.17) is 10.5 Å². The number of benzene rings is 2. The van der Waals surface area contributed by atoms with Crippen molar-refractivity contribution in [3.05, 3.63) is 35.9 Å². The lowest BCUT2D eigenvalue weighted by Crippen LogP contribution is -2.43. The predicted molar refractivity (Wildman–Crippen MR) is 114 cm³/mol. The van der Waals surface area contributed by atoms with Gasteiger partial charge in [0.1, 0.15) is 19.6 Å². The van der Waals surface area contributed by atoms with Gasteiger partial charge >= 0.3 is 6.09 Å². The van der Waals surface area contributed by atoms with E-state index >= 15 is 0 Å². The number of nitrogens with two attached hydrogens (primary N) is 1. The highest BCUT2D eigenvalue weighted by atomic mass is 28.3. The number of fused-ring (bicyclic) bond motifs is 1. The predicted octanol–water partition coefficient (Wildman–Crippen LogP) is 5.57. The van der Waals surface area contributed by atoms with Crippen molar-refractivity contribution in [1.29, 1.82) is 0 Å². The minimum Gasteiger partial charge on any atom is -0.507 e. The van der Waals surface area contributed by atoms with Crippen molar-refractivity contribution in [2.45, 2.75) is 58.2 Å². The number of amides is 1. The largest absolute Gasteiger partial charge is 0.507 e. The SMILES string of the molecule is CC(C)[Si](C#Cc1cccc2cc(OC(N)=O)cc(O)c12)(C(C)C)C(C)C. The Kier molecular flexibility index (Phi) is 6.22. The van der Waals surface area contributed by atoms with E-state index in [1.54, 1.807) is 6.07 Å². The number of rotatable bonds is 4. The third-order valence-electron chi connectivity index (χ3n) is 5.43. The maximum atomic E-state index is 11.0. The summed E-state index contributed by atoms with van der Waals surface area (Å²) >= 11 is 0. The first-order valence-electron chi connectivity index (χ1n) is 9.35. The zero-order valence-corrected chi connectivity index (χ0v) is 18.0. The third kappa shape index (κ3) is 4.11. The zero-order chi connectivity index (χ0) is 20.4. The Morgan fingerprint density at radius 2 is 1.67 bits per heavy atom. The van der Waals surface area contributed by atoms with Crippen LogP contribution < -0.4 is 10.5 Å². The second-order valence-electron chi connectivity index (χ2n) is 7.91. The molecule has 2 aromatic carbocycles. The number of aromatic hydroxyl groups is 1. The van der Waals surface area contributed by atoms with Crippen LogP contribution in [0.25, 0.3) is 10.8 Å². The molecule has 0 aliphatic rings. The van der Waals surface area contributed by atoms with Gasteiger partial charge in [-0.15, -0.1) is 5.54 Å². The molecule has 0 spiro atoms. The Morgan fingerprint density at radius 3 is 2.19 bits per heavy atom. The number of hydrogen-bond acceptors (Lipinski definition) is 3. The van der Waals surface area contributed by atoms with E-state index in [2.05, 4.69) is 53.0 Å². The molecule has 5 heteroatoms. The molecular weight excluding hydrogens is 354 g/mol. The van der Waals surface area contributed by atoms with E-state index < -0.39 is 14.2 Å². The van der Waals surface area contributed by atoms with Crippen LogP contribution in [-0.4, -0.2) is 19.3 Å². The van der Waals surface area contributed by atoms with Crippen LogP contribution >= 0.6 is 0 Å². The van der Waals surface area contributed by atoms with Gasteiger partial charge in [-0.25, -0.2) is 4.79 Å². The van der Waals surface area contributed by atoms with Crippen LogP contribution in [0.15, 0.2) is 30.3 Å². The van der Waals surface area contributed by atoms with Crippen molar-refractivity contribution in [1.82, 2.24) is 0 Å².